The van der Waals surface area contributed by atoms with E-state index in [1.165, 1.54) is 89.9 Å². The van der Waals surface area contributed by atoms with Crippen LogP contribution in [0.4, 0.5) is 0 Å². The summed E-state index contributed by atoms with van der Waals surface area (Å²) in [5.74, 6) is 1.80. The van der Waals surface area contributed by atoms with E-state index in [0.29, 0.717) is 0 Å². The summed E-state index contributed by atoms with van der Waals surface area (Å²) >= 11 is 0. The van der Waals surface area contributed by atoms with Crippen molar-refractivity contribution in [2.24, 2.45) is 11.8 Å². The third kappa shape index (κ3) is 11.0. The second kappa shape index (κ2) is 13.8. The van der Waals surface area contributed by atoms with E-state index in [4.69, 9.17) is 9.47 Å². The normalized spacial score (nSPS) is 26.3. The first-order valence-corrected chi connectivity index (χ1v) is 12.6. The van der Waals surface area contributed by atoms with Crippen LogP contribution in [0, 0.1) is 11.8 Å². The highest BCUT2D eigenvalue weighted by Gasteiger charge is 2.35. The first kappa shape index (κ1) is 23.9. The molecular weight excluding hydrogens is 344 g/mol. The summed E-state index contributed by atoms with van der Waals surface area (Å²) in [6.45, 7) is 7.06. The molecule has 0 aromatic heterocycles. The topological polar surface area (TPSA) is 18.5 Å². The van der Waals surface area contributed by atoms with Crippen LogP contribution in [0.2, 0.25) is 0 Å². The Morgan fingerprint density at radius 2 is 1.36 bits per heavy atom. The van der Waals surface area contributed by atoms with Gasteiger partial charge in [-0.2, -0.15) is 0 Å². The zero-order valence-electron chi connectivity index (χ0n) is 19.2. The van der Waals surface area contributed by atoms with Gasteiger partial charge in [0.1, 0.15) is 0 Å². The van der Waals surface area contributed by atoms with Gasteiger partial charge in [-0.05, 0) is 57.8 Å². The van der Waals surface area contributed by atoms with E-state index in [9.17, 15) is 0 Å². The number of allylic oxidation sites excluding steroid dienone is 2. The Balaban J connectivity index is 1.31. The van der Waals surface area contributed by atoms with Crippen molar-refractivity contribution >= 4 is 0 Å². The van der Waals surface area contributed by atoms with Gasteiger partial charge in [-0.25, -0.2) is 0 Å². The highest BCUT2D eigenvalue weighted by atomic mass is 16.7. The second-order valence-corrected chi connectivity index (χ2v) is 9.80. The molecule has 0 amide bonds. The molecule has 0 bridgehead atoms. The van der Waals surface area contributed by atoms with Crippen molar-refractivity contribution in [1.29, 1.82) is 0 Å². The molecule has 0 radical (unpaired) electrons. The maximum absolute atomic E-state index is 5.84. The van der Waals surface area contributed by atoms with Crippen LogP contribution >= 0.6 is 0 Å². The lowest BCUT2D eigenvalue weighted by molar-refractivity contribution is -0.138. The summed E-state index contributed by atoms with van der Waals surface area (Å²) < 4.78 is 11.5. The molecule has 1 saturated carbocycles. The van der Waals surface area contributed by atoms with Gasteiger partial charge >= 0.3 is 0 Å². The van der Waals surface area contributed by atoms with E-state index in [-0.39, 0.29) is 11.9 Å². The Morgan fingerprint density at radius 1 is 0.750 bits per heavy atom. The molecule has 1 aliphatic carbocycles. The van der Waals surface area contributed by atoms with Gasteiger partial charge < -0.3 is 9.47 Å². The van der Waals surface area contributed by atoms with Crippen molar-refractivity contribution in [2.75, 3.05) is 6.61 Å². The molecule has 0 unspecified atom stereocenters. The second-order valence-electron chi connectivity index (χ2n) is 9.80. The first-order chi connectivity index (χ1) is 13.6. The zero-order valence-corrected chi connectivity index (χ0v) is 19.2. The van der Waals surface area contributed by atoms with Crippen molar-refractivity contribution in [1.82, 2.24) is 0 Å². The van der Waals surface area contributed by atoms with Gasteiger partial charge in [-0.1, -0.05) is 89.7 Å². The molecule has 2 fully saturated rings. The van der Waals surface area contributed by atoms with Crippen molar-refractivity contribution in [3.8, 4) is 0 Å². The summed E-state index contributed by atoms with van der Waals surface area (Å²) in [7, 11) is 0. The summed E-state index contributed by atoms with van der Waals surface area (Å²) in [4.78, 5) is 0. The Morgan fingerprint density at radius 3 is 2.00 bits per heavy atom. The van der Waals surface area contributed by atoms with Crippen molar-refractivity contribution in [3.63, 3.8) is 0 Å². The monoisotopic (exact) mass is 392 g/mol. The number of ether oxygens (including phenoxy) is 2. The van der Waals surface area contributed by atoms with Gasteiger partial charge in [-0.15, -0.1) is 0 Å². The van der Waals surface area contributed by atoms with Crippen LogP contribution in [0.15, 0.2) is 12.2 Å². The Hall–Kier alpha value is -0.340. The molecule has 0 aromatic carbocycles. The van der Waals surface area contributed by atoms with E-state index in [2.05, 4.69) is 19.1 Å². The van der Waals surface area contributed by atoms with E-state index < -0.39 is 0 Å². The molecule has 0 spiro atoms. The molecule has 1 aliphatic heterocycles. The molecule has 1 saturated heterocycles. The third-order valence-corrected chi connectivity index (χ3v) is 6.58. The molecule has 2 heteroatoms. The van der Waals surface area contributed by atoms with Crippen LogP contribution < -0.4 is 0 Å². The Bertz CT molecular complexity index is 415. The molecule has 0 aromatic rings. The van der Waals surface area contributed by atoms with Gasteiger partial charge in [-0.3, -0.25) is 0 Å². The van der Waals surface area contributed by atoms with Crippen LogP contribution in [0.25, 0.3) is 0 Å². The zero-order chi connectivity index (χ0) is 20.1. The molecule has 1 heterocycles. The fraction of sp³-hybridized carbons (Fsp3) is 0.923. The smallest absolute Gasteiger partial charge is 0.163 e. The van der Waals surface area contributed by atoms with Gasteiger partial charge in [0.15, 0.2) is 5.79 Å². The van der Waals surface area contributed by atoms with E-state index in [0.717, 1.165) is 31.3 Å². The quantitative estimate of drug-likeness (QED) is 0.183. The Kier molecular flexibility index (Phi) is 11.8. The first-order valence-electron chi connectivity index (χ1n) is 12.6. The minimum absolute atomic E-state index is 0.285. The number of rotatable bonds is 17. The summed E-state index contributed by atoms with van der Waals surface area (Å²) in [6, 6.07) is 0. The molecule has 3 atom stereocenters. The minimum Gasteiger partial charge on any atom is -0.348 e. The van der Waals surface area contributed by atoms with Crippen molar-refractivity contribution < 1.29 is 9.47 Å². The maximum atomic E-state index is 5.84. The summed E-state index contributed by atoms with van der Waals surface area (Å²) in [5.41, 5.74) is 0. The van der Waals surface area contributed by atoms with Crippen LogP contribution in [0.1, 0.15) is 124 Å². The average Bonchev–Trinajstić information content (AvgIpc) is 3.32. The predicted octanol–water partition coefficient (Wildman–Crippen LogP) is 8.20. The molecular formula is C26H48O2. The van der Waals surface area contributed by atoms with E-state index in [1.54, 1.807) is 0 Å². The van der Waals surface area contributed by atoms with Crippen LogP contribution in [0.5, 0.6) is 0 Å². The fourth-order valence-electron chi connectivity index (χ4n) is 4.65. The number of hydrogen-bond donors (Lipinski definition) is 0. The maximum Gasteiger partial charge on any atom is 0.163 e. The number of unbranched alkanes of at least 4 members (excludes halogenated alkanes) is 9. The molecule has 28 heavy (non-hydrogen) atoms. The van der Waals surface area contributed by atoms with Crippen LogP contribution in [-0.4, -0.2) is 18.5 Å². The lowest BCUT2D eigenvalue weighted by Crippen LogP contribution is -2.21. The van der Waals surface area contributed by atoms with Crippen LogP contribution in [-0.2, 0) is 9.47 Å². The third-order valence-electron chi connectivity index (χ3n) is 6.58. The highest BCUT2D eigenvalue weighted by molar-refractivity contribution is 4.87. The summed E-state index contributed by atoms with van der Waals surface area (Å²) in [6.07, 6.45) is 27.4. The standard InChI is InChI=1S/C26H48O2/c1-4-5-6-7-8-9-12-15-18-23-21-24(23)19-16-13-10-11-14-17-20-25-22-27-26(2,3)28-25/h11,14,23-25H,4-10,12-13,15-22H2,1-3H3/b14-11-/t23-,24+,25-/m1/s1. The van der Waals surface area contributed by atoms with Gasteiger partial charge in [0.25, 0.3) is 0 Å². The fourth-order valence-corrected chi connectivity index (χ4v) is 4.65. The Labute approximate surface area is 175 Å². The average molecular weight is 393 g/mol. The van der Waals surface area contributed by atoms with Gasteiger partial charge in [0, 0.05) is 0 Å². The predicted molar refractivity (Wildman–Crippen MR) is 121 cm³/mol. The van der Waals surface area contributed by atoms with Crippen molar-refractivity contribution in [3.05, 3.63) is 12.2 Å². The molecule has 2 aliphatic rings. The highest BCUT2D eigenvalue weighted by Crippen LogP contribution is 2.45. The minimum atomic E-state index is -0.372. The SMILES string of the molecule is CCCCCCCCCC[C@@H]1C[C@@H]1CCCC/C=C\CC[C@@H]1COC(C)(C)O1. The van der Waals surface area contributed by atoms with Gasteiger partial charge in [0.2, 0.25) is 0 Å². The molecule has 2 nitrogen and oxygen atoms in total. The number of hydrogen-bond acceptors (Lipinski definition) is 2. The van der Waals surface area contributed by atoms with Crippen molar-refractivity contribution in [2.45, 2.75) is 135 Å². The molecule has 164 valence electrons. The molecule has 0 N–H and O–H groups in total. The summed E-state index contributed by atoms with van der Waals surface area (Å²) in [5, 5.41) is 0. The lowest BCUT2D eigenvalue weighted by atomic mass is 10.0. The molecule has 2 rings (SSSR count). The van der Waals surface area contributed by atoms with E-state index >= 15 is 0 Å². The lowest BCUT2D eigenvalue weighted by Gasteiger charge is -2.16. The van der Waals surface area contributed by atoms with E-state index in [1.807, 2.05) is 13.8 Å². The van der Waals surface area contributed by atoms with Crippen LogP contribution in [0.3, 0.4) is 0 Å². The van der Waals surface area contributed by atoms with Gasteiger partial charge in [0.05, 0.1) is 12.7 Å². The largest absolute Gasteiger partial charge is 0.348 e.